The molecular weight excluding hydrogens is 360 g/mol. The average molecular weight is 378 g/mol. The van der Waals surface area contributed by atoms with Crippen LogP contribution < -0.4 is 11.2 Å². The number of hydrogen-bond donors (Lipinski definition) is 2. The molecule has 0 saturated heterocycles. The second-order valence-electron chi connectivity index (χ2n) is 6.40. The highest BCUT2D eigenvalue weighted by Gasteiger charge is 2.27. The summed E-state index contributed by atoms with van der Waals surface area (Å²) in [6.45, 7) is 1.64. The highest BCUT2D eigenvalue weighted by atomic mass is 16.7. The average Bonchev–Trinajstić information content (AvgIpc) is 3.13. The van der Waals surface area contributed by atoms with Crippen molar-refractivity contribution in [1.82, 2.24) is 0 Å². The normalized spacial score (nSPS) is 16.5. The Morgan fingerprint density at radius 3 is 2.75 bits per heavy atom. The Morgan fingerprint density at radius 2 is 2.00 bits per heavy atom. The fourth-order valence-corrected chi connectivity index (χ4v) is 2.95. The van der Waals surface area contributed by atoms with Gasteiger partial charge in [0.25, 0.3) is 0 Å². The standard InChI is InChI=1S/C21H18N2O5/c1-12(22)23-14-7-8-16-15(10-14)19(24)20(25)21(28-16)17-11-26-18(27-17)9-13-5-3-2-4-6-13/h2-8,10-11,18,25H,9H2,1H3,(H2,22,23). The molecule has 142 valence electrons. The van der Waals surface area contributed by atoms with Gasteiger partial charge >= 0.3 is 0 Å². The molecule has 1 unspecified atom stereocenters. The minimum absolute atomic E-state index is 0.0701. The van der Waals surface area contributed by atoms with E-state index in [4.69, 9.17) is 19.6 Å². The summed E-state index contributed by atoms with van der Waals surface area (Å²) >= 11 is 0. The molecule has 1 aliphatic heterocycles. The molecule has 0 spiro atoms. The van der Waals surface area contributed by atoms with Crippen LogP contribution in [-0.2, 0) is 15.9 Å². The van der Waals surface area contributed by atoms with Gasteiger partial charge in [0.05, 0.1) is 16.9 Å². The molecule has 2 heterocycles. The fraction of sp³-hybridized carbons (Fsp3) is 0.143. The van der Waals surface area contributed by atoms with Crippen LogP contribution in [0, 0.1) is 0 Å². The van der Waals surface area contributed by atoms with Crippen LogP contribution >= 0.6 is 0 Å². The summed E-state index contributed by atoms with van der Waals surface area (Å²) in [5.74, 6) is -0.0966. The summed E-state index contributed by atoms with van der Waals surface area (Å²) in [6.07, 6.45) is 1.29. The predicted octanol–water partition coefficient (Wildman–Crippen LogP) is 3.42. The molecule has 7 heteroatoms. The largest absolute Gasteiger partial charge is 0.501 e. The van der Waals surface area contributed by atoms with Crippen LogP contribution in [0.2, 0.25) is 0 Å². The highest BCUT2D eigenvalue weighted by Crippen LogP contribution is 2.33. The Balaban J connectivity index is 1.63. The molecule has 0 radical (unpaired) electrons. The van der Waals surface area contributed by atoms with Crippen molar-refractivity contribution in [3.63, 3.8) is 0 Å². The zero-order chi connectivity index (χ0) is 19.7. The molecule has 4 rings (SSSR count). The molecule has 28 heavy (non-hydrogen) atoms. The number of nitrogens with two attached hydrogens (primary N) is 1. The zero-order valence-electron chi connectivity index (χ0n) is 15.1. The lowest BCUT2D eigenvalue weighted by Crippen LogP contribution is -2.12. The van der Waals surface area contributed by atoms with Crippen LogP contribution in [0.5, 0.6) is 5.75 Å². The number of aliphatic imine (C=N–C) groups is 1. The van der Waals surface area contributed by atoms with Gasteiger partial charge in [-0.3, -0.25) is 4.79 Å². The summed E-state index contributed by atoms with van der Waals surface area (Å²) < 4.78 is 16.9. The van der Waals surface area contributed by atoms with Gasteiger partial charge in [0, 0.05) is 6.42 Å². The fourth-order valence-electron chi connectivity index (χ4n) is 2.95. The van der Waals surface area contributed by atoms with E-state index in [1.165, 1.54) is 12.3 Å². The third kappa shape index (κ3) is 3.42. The summed E-state index contributed by atoms with van der Waals surface area (Å²) in [5.41, 5.74) is 6.81. The molecule has 1 aliphatic rings. The molecule has 0 amide bonds. The summed E-state index contributed by atoms with van der Waals surface area (Å²) in [4.78, 5) is 16.7. The summed E-state index contributed by atoms with van der Waals surface area (Å²) in [7, 11) is 0. The molecular formula is C21H18N2O5. The molecule has 1 aromatic heterocycles. The number of fused-ring (bicyclic) bond motifs is 1. The van der Waals surface area contributed by atoms with Crippen molar-refractivity contribution in [1.29, 1.82) is 0 Å². The van der Waals surface area contributed by atoms with Crippen LogP contribution in [0.4, 0.5) is 5.69 Å². The maximum Gasteiger partial charge on any atom is 0.244 e. The number of rotatable bonds is 4. The number of aromatic hydroxyl groups is 1. The summed E-state index contributed by atoms with van der Waals surface area (Å²) in [5, 5.41) is 10.6. The number of ether oxygens (including phenoxy) is 2. The van der Waals surface area contributed by atoms with Crippen LogP contribution in [0.1, 0.15) is 18.2 Å². The van der Waals surface area contributed by atoms with Gasteiger partial charge in [0.1, 0.15) is 11.8 Å². The molecule has 0 fully saturated rings. The van der Waals surface area contributed by atoms with Gasteiger partial charge in [0.2, 0.25) is 29.0 Å². The predicted molar refractivity (Wildman–Crippen MR) is 105 cm³/mol. The van der Waals surface area contributed by atoms with E-state index in [0.717, 1.165) is 5.56 Å². The maximum absolute atomic E-state index is 12.6. The first-order chi connectivity index (χ1) is 13.5. The van der Waals surface area contributed by atoms with Crippen molar-refractivity contribution in [2.24, 2.45) is 10.7 Å². The molecule has 0 aliphatic carbocycles. The van der Waals surface area contributed by atoms with Crippen LogP contribution in [0.25, 0.3) is 16.7 Å². The smallest absolute Gasteiger partial charge is 0.244 e. The molecule has 0 bridgehead atoms. The Kier molecular flexibility index (Phi) is 4.49. The molecule has 2 aromatic carbocycles. The van der Waals surface area contributed by atoms with Crippen molar-refractivity contribution in [2.75, 3.05) is 0 Å². The van der Waals surface area contributed by atoms with Crippen molar-refractivity contribution in [3.8, 4) is 5.75 Å². The van der Waals surface area contributed by atoms with E-state index >= 15 is 0 Å². The third-order valence-electron chi connectivity index (χ3n) is 4.21. The van der Waals surface area contributed by atoms with E-state index in [2.05, 4.69) is 4.99 Å². The lowest BCUT2D eigenvalue weighted by molar-refractivity contribution is -0.0145. The number of benzene rings is 2. The van der Waals surface area contributed by atoms with Gasteiger partial charge in [0.15, 0.2) is 0 Å². The molecule has 7 nitrogen and oxygen atoms in total. The van der Waals surface area contributed by atoms with Crippen LogP contribution in [-0.4, -0.2) is 17.2 Å². The minimum atomic E-state index is -0.584. The Bertz CT molecular complexity index is 1140. The second-order valence-corrected chi connectivity index (χ2v) is 6.40. The zero-order valence-corrected chi connectivity index (χ0v) is 15.1. The summed E-state index contributed by atoms with van der Waals surface area (Å²) in [6, 6.07) is 14.5. The Labute approximate surface area is 160 Å². The number of amidine groups is 1. The number of nitrogens with zero attached hydrogens (tertiary/aromatic N) is 1. The Morgan fingerprint density at radius 1 is 1.21 bits per heavy atom. The van der Waals surface area contributed by atoms with Crippen LogP contribution in [0.15, 0.2) is 69.0 Å². The van der Waals surface area contributed by atoms with E-state index in [9.17, 15) is 9.90 Å². The van der Waals surface area contributed by atoms with Gasteiger partial charge in [-0.2, -0.15) is 0 Å². The van der Waals surface area contributed by atoms with Gasteiger partial charge in [-0.15, -0.1) is 0 Å². The quantitative estimate of drug-likeness (QED) is 0.532. The first-order valence-electron chi connectivity index (χ1n) is 8.68. The lowest BCUT2D eigenvalue weighted by Gasteiger charge is -2.12. The van der Waals surface area contributed by atoms with Gasteiger partial charge in [-0.25, -0.2) is 4.99 Å². The monoisotopic (exact) mass is 378 g/mol. The first-order valence-corrected chi connectivity index (χ1v) is 8.68. The second kappa shape index (κ2) is 7.11. The number of hydrogen-bond acceptors (Lipinski definition) is 6. The highest BCUT2D eigenvalue weighted by molar-refractivity contribution is 5.86. The molecule has 3 aromatic rings. The van der Waals surface area contributed by atoms with E-state index < -0.39 is 17.5 Å². The van der Waals surface area contributed by atoms with Gasteiger partial charge in [-0.1, -0.05) is 30.3 Å². The van der Waals surface area contributed by atoms with E-state index in [0.29, 0.717) is 23.5 Å². The van der Waals surface area contributed by atoms with E-state index in [1.54, 1.807) is 19.1 Å². The lowest BCUT2D eigenvalue weighted by atomic mass is 10.1. The molecule has 3 N–H and O–H groups in total. The topological polar surface area (TPSA) is 107 Å². The third-order valence-corrected chi connectivity index (χ3v) is 4.21. The van der Waals surface area contributed by atoms with Crippen molar-refractivity contribution in [2.45, 2.75) is 19.6 Å². The van der Waals surface area contributed by atoms with Crippen LogP contribution in [0.3, 0.4) is 0 Å². The molecule has 1 atom stereocenters. The van der Waals surface area contributed by atoms with Gasteiger partial charge < -0.3 is 24.7 Å². The van der Waals surface area contributed by atoms with Crippen molar-refractivity contribution >= 4 is 28.3 Å². The Hall–Kier alpha value is -3.74. The van der Waals surface area contributed by atoms with Gasteiger partial charge in [-0.05, 0) is 30.7 Å². The SMILES string of the molecule is CC(N)=Nc1ccc2oc(C3=COC(Cc4ccccc4)O3)c(O)c(=O)c2c1. The van der Waals surface area contributed by atoms with Crippen molar-refractivity contribution in [3.05, 3.63) is 76.3 Å². The van der Waals surface area contributed by atoms with Crippen molar-refractivity contribution < 1.29 is 19.0 Å². The van der Waals surface area contributed by atoms with E-state index in [1.807, 2.05) is 30.3 Å². The first kappa shape index (κ1) is 17.7. The minimum Gasteiger partial charge on any atom is -0.501 e. The maximum atomic E-state index is 12.6. The van der Waals surface area contributed by atoms with E-state index in [-0.39, 0.29) is 16.9 Å². The molecule has 0 saturated carbocycles.